The quantitative estimate of drug-likeness (QED) is 0.444. The lowest BCUT2D eigenvalue weighted by atomic mass is 10.1. The standard InChI is InChI=1S/C17H23N3O5/c1-12(2)19(11-16(21)25-3)17(22)13-6-7-14(15(10-13)20(23)24)18-8-4-5-9-18/h6-7,10,12H,4-5,8-9,11H2,1-3H3. The third-order valence-electron chi connectivity index (χ3n) is 4.28. The molecule has 1 aromatic carbocycles. The number of amides is 1. The number of carbonyl (C=O) groups is 2. The van der Waals surface area contributed by atoms with Gasteiger partial charge in [-0.25, -0.2) is 0 Å². The van der Waals surface area contributed by atoms with Crippen molar-refractivity contribution in [3.63, 3.8) is 0 Å². The number of benzene rings is 1. The van der Waals surface area contributed by atoms with Crippen molar-refractivity contribution in [3.05, 3.63) is 33.9 Å². The molecule has 1 aliphatic rings. The zero-order valence-electron chi connectivity index (χ0n) is 14.7. The van der Waals surface area contributed by atoms with E-state index in [1.54, 1.807) is 26.0 Å². The van der Waals surface area contributed by atoms with Crippen molar-refractivity contribution < 1.29 is 19.2 Å². The van der Waals surface area contributed by atoms with E-state index in [-0.39, 0.29) is 23.8 Å². The Hall–Kier alpha value is -2.64. The maximum atomic E-state index is 12.7. The van der Waals surface area contributed by atoms with Crippen LogP contribution >= 0.6 is 0 Å². The number of hydrogen-bond donors (Lipinski definition) is 0. The molecular weight excluding hydrogens is 326 g/mol. The number of nitro benzene ring substituents is 1. The fraction of sp³-hybridized carbons (Fsp3) is 0.529. The van der Waals surface area contributed by atoms with Gasteiger partial charge in [0.2, 0.25) is 0 Å². The highest BCUT2D eigenvalue weighted by Crippen LogP contribution is 2.32. The number of rotatable bonds is 6. The number of methoxy groups -OCH3 is 1. The van der Waals surface area contributed by atoms with Gasteiger partial charge in [-0.1, -0.05) is 0 Å². The highest BCUT2D eigenvalue weighted by molar-refractivity contribution is 5.97. The Kier molecular flexibility index (Phi) is 5.95. The van der Waals surface area contributed by atoms with Gasteiger partial charge in [0.05, 0.1) is 12.0 Å². The third-order valence-corrected chi connectivity index (χ3v) is 4.28. The molecule has 1 fully saturated rings. The van der Waals surface area contributed by atoms with E-state index in [1.165, 1.54) is 18.1 Å². The summed E-state index contributed by atoms with van der Waals surface area (Å²) in [5, 5.41) is 11.5. The van der Waals surface area contributed by atoms with Gasteiger partial charge < -0.3 is 14.5 Å². The van der Waals surface area contributed by atoms with Crippen LogP contribution < -0.4 is 4.90 Å². The molecule has 8 heteroatoms. The summed E-state index contributed by atoms with van der Waals surface area (Å²) in [6.45, 7) is 4.89. The fourth-order valence-corrected chi connectivity index (χ4v) is 2.89. The van der Waals surface area contributed by atoms with Gasteiger partial charge in [-0.2, -0.15) is 0 Å². The smallest absolute Gasteiger partial charge is 0.325 e. The summed E-state index contributed by atoms with van der Waals surface area (Å²) in [6.07, 6.45) is 2.00. The summed E-state index contributed by atoms with van der Waals surface area (Å²) in [5.74, 6) is -0.971. The SMILES string of the molecule is COC(=O)CN(C(=O)c1ccc(N2CCCC2)c([N+](=O)[O-])c1)C(C)C. The average molecular weight is 349 g/mol. The molecule has 0 bridgehead atoms. The second-order valence-corrected chi connectivity index (χ2v) is 6.26. The van der Waals surface area contributed by atoms with Crippen LogP contribution in [0.2, 0.25) is 0 Å². The van der Waals surface area contributed by atoms with Crippen molar-refractivity contribution >= 4 is 23.3 Å². The maximum Gasteiger partial charge on any atom is 0.325 e. The lowest BCUT2D eigenvalue weighted by Gasteiger charge is -2.26. The van der Waals surface area contributed by atoms with Crippen molar-refractivity contribution in [2.45, 2.75) is 32.7 Å². The molecule has 0 unspecified atom stereocenters. The van der Waals surface area contributed by atoms with Gasteiger partial charge in [0.15, 0.2) is 0 Å². The van der Waals surface area contributed by atoms with E-state index in [1.807, 2.05) is 4.90 Å². The first-order chi connectivity index (χ1) is 11.8. The zero-order chi connectivity index (χ0) is 18.6. The molecular formula is C17H23N3O5. The highest BCUT2D eigenvalue weighted by atomic mass is 16.6. The molecule has 1 aliphatic heterocycles. The molecule has 2 rings (SSSR count). The zero-order valence-corrected chi connectivity index (χ0v) is 14.7. The van der Waals surface area contributed by atoms with Crippen molar-refractivity contribution in [2.75, 3.05) is 31.6 Å². The molecule has 136 valence electrons. The van der Waals surface area contributed by atoms with E-state index in [0.29, 0.717) is 5.69 Å². The summed E-state index contributed by atoms with van der Waals surface area (Å²) in [7, 11) is 1.25. The first kappa shape index (κ1) is 18.7. The van der Waals surface area contributed by atoms with Gasteiger partial charge in [0, 0.05) is 30.8 Å². The number of ether oxygens (including phenoxy) is 1. The normalized spacial score (nSPS) is 13.8. The molecule has 25 heavy (non-hydrogen) atoms. The molecule has 1 aromatic rings. The number of esters is 1. The van der Waals surface area contributed by atoms with E-state index in [2.05, 4.69) is 4.74 Å². The van der Waals surface area contributed by atoms with E-state index in [4.69, 9.17) is 0 Å². The molecule has 0 aliphatic carbocycles. The van der Waals surface area contributed by atoms with E-state index < -0.39 is 16.8 Å². The summed E-state index contributed by atoms with van der Waals surface area (Å²) in [6, 6.07) is 4.25. The Morgan fingerprint density at radius 3 is 2.48 bits per heavy atom. The van der Waals surface area contributed by atoms with E-state index in [9.17, 15) is 19.7 Å². The topological polar surface area (TPSA) is 93.0 Å². The van der Waals surface area contributed by atoms with Gasteiger partial charge in [0.25, 0.3) is 11.6 Å². The van der Waals surface area contributed by atoms with Gasteiger partial charge in [-0.15, -0.1) is 0 Å². The number of nitro groups is 1. The van der Waals surface area contributed by atoms with E-state index >= 15 is 0 Å². The largest absolute Gasteiger partial charge is 0.468 e. The van der Waals surface area contributed by atoms with Crippen LogP contribution in [0.1, 0.15) is 37.0 Å². The minimum Gasteiger partial charge on any atom is -0.468 e. The van der Waals surface area contributed by atoms with Gasteiger partial charge in [-0.05, 0) is 38.8 Å². The van der Waals surface area contributed by atoms with Gasteiger partial charge in [0.1, 0.15) is 12.2 Å². The lowest BCUT2D eigenvalue weighted by molar-refractivity contribution is -0.384. The molecule has 0 N–H and O–H groups in total. The van der Waals surface area contributed by atoms with Gasteiger partial charge >= 0.3 is 5.97 Å². The molecule has 1 amide bonds. The van der Waals surface area contributed by atoms with E-state index in [0.717, 1.165) is 25.9 Å². The summed E-state index contributed by atoms with van der Waals surface area (Å²) in [5.41, 5.74) is 0.630. The second-order valence-electron chi connectivity index (χ2n) is 6.26. The first-order valence-electron chi connectivity index (χ1n) is 8.26. The lowest BCUT2D eigenvalue weighted by Crippen LogP contribution is -2.41. The Balaban J connectivity index is 2.34. The predicted molar refractivity (Wildman–Crippen MR) is 92.7 cm³/mol. The van der Waals surface area contributed by atoms with Crippen LogP contribution in [0.5, 0.6) is 0 Å². The number of anilines is 1. The Labute approximate surface area is 146 Å². The summed E-state index contributed by atoms with van der Waals surface area (Å²) < 4.78 is 4.62. The molecule has 1 saturated heterocycles. The first-order valence-corrected chi connectivity index (χ1v) is 8.26. The summed E-state index contributed by atoms with van der Waals surface area (Å²) in [4.78, 5) is 38.5. The molecule has 0 spiro atoms. The molecule has 0 saturated carbocycles. The number of nitrogens with zero attached hydrogens (tertiary/aromatic N) is 3. The van der Waals surface area contributed by atoms with Gasteiger partial charge in [-0.3, -0.25) is 19.7 Å². The molecule has 0 aromatic heterocycles. The Morgan fingerprint density at radius 2 is 1.96 bits per heavy atom. The van der Waals surface area contributed by atoms with Crippen LogP contribution in [0.25, 0.3) is 0 Å². The van der Waals surface area contributed by atoms with Crippen molar-refractivity contribution in [1.82, 2.24) is 4.90 Å². The fourth-order valence-electron chi connectivity index (χ4n) is 2.89. The molecule has 0 radical (unpaired) electrons. The minimum atomic E-state index is -0.537. The third kappa shape index (κ3) is 4.26. The molecule has 8 nitrogen and oxygen atoms in total. The summed E-state index contributed by atoms with van der Waals surface area (Å²) >= 11 is 0. The van der Waals surface area contributed by atoms with Crippen molar-refractivity contribution in [2.24, 2.45) is 0 Å². The monoisotopic (exact) mass is 349 g/mol. The second kappa shape index (κ2) is 7.96. The minimum absolute atomic E-state index is 0.0884. The number of hydrogen-bond acceptors (Lipinski definition) is 6. The van der Waals surface area contributed by atoms with Crippen LogP contribution in [-0.4, -0.2) is 54.5 Å². The maximum absolute atomic E-state index is 12.7. The van der Waals surface area contributed by atoms with Crippen LogP contribution in [-0.2, 0) is 9.53 Å². The molecule has 0 atom stereocenters. The average Bonchev–Trinajstić information content (AvgIpc) is 3.12. The van der Waals surface area contributed by atoms with Crippen molar-refractivity contribution in [3.8, 4) is 0 Å². The number of carbonyl (C=O) groups excluding carboxylic acids is 2. The molecule has 1 heterocycles. The highest BCUT2D eigenvalue weighted by Gasteiger charge is 2.27. The Bertz CT molecular complexity index is 668. The van der Waals surface area contributed by atoms with Crippen LogP contribution in [0.3, 0.4) is 0 Å². The van der Waals surface area contributed by atoms with Crippen LogP contribution in [0.15, 0.2) is 18.2 Å². The van der Waals surface area contributed by atoms with Crippen LogP contribution in [0.4, 0.5) is 11.4 Å². The van der Waals surface area contributed by atoms with Crippen LogP contribution in [0, 0.1) is 10.1 Å². The predicted octanol–water partition coefficient (Wildman–Crippen LogP) is 2.22. The van der Waals surface area contributed by atoms with Crippen molar-refractivity contribution in [1.29, 1.82) is 0 Å². The Morgan fingerprint density at radius 1 is 1.32 bits per heavy atom.